The van der Waals surface area contributed by atoms with Gasteiger partial charge in [-0.15, -0.1) is 0 Å². The lowest BCUT2D eigenvalue weighted by atomic mass is 10.2. The van der Waals surface area contributed by atoms with Crippen molar-refractivity contribution in [1.82, 2.24) is 4.57 Å². The van der Waals surface area contributed by atoms with Crippen LogP contribution >= 0.6 is 51.5 Å². The van der Waals surface area contributed by atoms with E-state index in [9.17, 15) is 4.79 Å². The topological polar surface area (TPSA) is 25.2 Å². The average Bonchev–Trinajstić information content (AvgIpc) is 3.11. The van der Waals surface area contributed by atoms with Crippen LogP contribution in [0.1, 0.15) is 17.0 Å². The minimum absolute atomic E-state index is 0.102. The Bertz CT molecular complexity index is 1170. The summed E-state index contributed by atoms with van der Waals surface area (Å²) in [6.45, 7) is 4.09. The molecule has 4 rings (SSSR count). The van der Waals surface area contributed by atoms with Gasteiger partial charge in [0, 0.05) is 26.6 Å². The third-order valence-corrected chi connectivity index (χ3v) is 6.75. The smallest absolute Gasteiger partial charge is 0.270 e. The van der Waals surface area contributed by atoms with Crippen LogP contribution in [0.3, 0.4) is 0 Å². The molecule has 0 spiro atoms. The molecule has 146 valence electrons. The maximum absolute atomic E-state index is 13.1. The van der Waals surface area contributed by atoms with Crippen LogP contribution in [0, 0.1) is 13.8 Å². The molecule has 1 aliphatic rings. The van der Waals surface area contributed by atoms with Crippen molar-refractivity contribution in [3.63, 3.8) is 0 Å². The van der Waals surface area contributed by atoms with Crippen molar-refractivity contribution in [1.29, 1.82) is 0 Å². The third kappa shape index (κ3) is 3.94. The summed E-state index contributed by atoms with van der Waals surface area (Å²) < 4.78 is 3.59. The van der Waals surface area contributed by atoms with Gasteiger partial charge < -0.3 is 4.57 Å². The molecule has 0 saturated carbocycles. The Kier molecular flexibility index (Phi) is 5.71. The number of aryl methyl sites for hydroxylation is 1. The van der Waals surface area contributed by atoms with Gasteiger partial charge in [-0.3, -0.25) is 9.69 Å². The molecule has 2 aromatic carbocycles. The van der Waals surface area contributed by atoms with Crippen LogP contribution in [0.15, 0.2) is 64.0 Å². The molecule has 1 aromatic heterocycles. The van der Waals surface area contributed by atoms with Crippen molar-refractivity contribution < 1.29 is 4.79 Å². The van der Waals surface area contributed by atoms with Crippen LogP contribution in [0.2, 0.25) is 5.02 Å². The summed E-state index contributed by atoms with van der Waals surface area (Å²) in [5.41, 5.74) is 4.92. The van der Waals surface area contributed by atoms with Crippen molar-refractivity contribution in [2.75, 3.05) is 4.90 Å². The number of carbonyl (C=O) groups is 1. The molecule has 1 amide bonds. The first kappa shape index (κ1) is 20.4. The van der Waals surface area contributed by atoms with Crippen LogP contribution in [0.5, 0.6) is 0 Å². The molecule has 1 fully saturated rings. The second-order valence-corrected chi connectivity index (χ2v) is 9.66. The monoisotopic (exact) mass is 502 g/mol. The molecule has 3 nitrogen and oxygen atoms in total. The van der Waals surface area contributed by atoms with Gasteiger partial charge in [0.2, 0.25) is 0 Å². The van der Waals surface area contributed by atoms with Crippen LogP contribution < -0.4 is 4.90 Å². The highest BCUT2D eigenvalue weighted by atomic mass is 79.9. The predicted octanol–water partition coefficient (Wildman–Crippen LogP) is 6.92. The third-order valence-electron chi connectivity index (χ3n) is 4.70. The largest absolute Gasteiger partial charge is 0.318 e. The molecule has 1 aliphatic heterocycles. The van der Waals surface area contributed by atoms with Crippen LogP contribution in [0.4, 0.5) is 5.69 Å². The zero-order valence-corrected chi connectivity index (χ0v) is 19.6. The lowest BCUT2D eigenvalue weighted by Crippen LogP contribution is -2.27. The quantitative estimate of drug-likeness (QED) is 0.287. The Labute approximate surface area is 192 Å². The second kappa shape index (κ2) is 8.11. The maximum atomic E-state index is 13.1. The number of nitrogens with zero attached hydrogens (tertiary/aromatic N) is 2. The Morgan fingerprint density at radius 2 is 1.79 bits per heavy atom. The number of hydrogen-bond donors (Lipinski definition) is 0. The number of anilines is 1. The van der Waals surface area contributed by atoms with Gasteiger partial charge >= 0.3 is 0 Å². The van der Waals surface area contributed by atoms with E-state index < -0.39 is 0 Å². The lowest BCUT2D eigenvalue weighted by molar-refractivity contribution is -0.113. The van der Waals surface area contributed by atoms with Crippen LogP contribution in [-0.4, -0.2) is 14.8 Å². The molecule has 0 aliphatic carbocycles. The summed E-state index contributed by atoms with van der Waals surface area (Å²) >= 11 is 16.3. The molecule has 0 radical (unpaired) electrons. The van der Waals surface area contributed by atoms with Crippen molar-refractivity contribution >= 4 is 73.5 Å². The van der Waals surface area contributed by atoms with E-state index in [1.807, 2.05) is 68.5 Å². The van der Waals surface area contributed by atoms with E-state index >= 15 is 0 Å². The Morgan fingerprint density at radius 1 is 1.07 bits per heavy atom. The molecular weight excluding hydrogens is 488 g/mol. The molecule has 0 bridgehead atoms. The van der Waals surface area contributed by atoms with E-state index in [2.05, 4.69) is 26.6 Å². The average molecular weight is 504 g/mol. The molecular formula is C22H16BrClN2OS2. The standard InChI is InChI=1S/C22H16BrClN2OS2/c1-13-10-15(14(2)25(13)18-8-6-17(24)7-9-18)11-20-21(27)26(22(28)29-20)19-5-3-4-16(23)12-19/h3-12H,1-2H3/b20-11+. The Hall–Kier alpha value is -1.86. The molecule has 1 saturated heterocycles. The predicted molar refractivity (Wildman–Crippen MR) is 130 cm³/mol. The summed E-state index contributed by atoms with van der Waals surface area (Å²) in [4.78, 5) is 15.3. The summed E-state index contributed by atoms with van der Waals surface area (Å²) in [7, 11) is 0. The fourth-order valence-corrected chi connectivity index (χ4v) is 5.17. The number of hydrogen-bond acceptors (Lipinski definition) is 3. The molecule has 0 N–H and O–H groups in total. The van der Waals surface area contributed by atoms with Gasteiger partial charge in [-0.1, -0.05) is 57.6 Å². The summed E-state index contributed by atoms with van der Waals surface area (Å²) in [6.07, 6.45) is 1.92. The number of thioether (sulfide) groups is 1. The zero-order valence-electron chi connectivity index (χ0n) is 15.6. The van der Waals surface area contributed by atoms with Gasteiger partial charge in [-0.25, -0.2) is 0 Å². The molecule has 3 aromatic rings. The van der Waals surface area contributed by atoms with E-state index in [0.29, 0.717) is 14.2 Å². The van der Waals surface area contributed by atoms with Gasteiger partial charge in [0.25, 0.3) is 5.91 Å². The Morgan fingerprint density at radius 3 is 2.48 bits per heavy atom. The van der Waals surface area contributed by atoms with Crippen molar-refractivity contribution in [2.45, 2.75) is 13.8 Å². The van der Waals surface area contributed by atoms with E-state index in [0.717, 1.165) is 32.8 Å². The van der Waals surface area contributed by atoms with Crippen LogP contribution in [0.25, 0.3) is 11.8 Å². The molecule has 2 heterocycles. The number of carbonyl (C=O) groups excluding carboxylic acids is 1. The van der Waals surface area contributed by atoms with Gasteiger partial charge in [0.1, 0.15) is 0 Å². The fourth-order valence-electron chi connectivity index (χ4n) is 3.37. The maximum Gasteiger partial charge on any atom is 0.270 e. The van der Waals surface area contributed by atoms with Gasteiger partial charge in [0.05, 0.1) is 10.6 Å². The molecule has 7 heteroatoms. The van der Waals surface area contributed by atoms with Gasteiger partial charge in [0.15, 0.2) is 4.32 Å². The minimum atomic E-state index is -0.102. The van der Waals surface area contributed by atoms with Gasteiger partial charge in [-0.2, -0.15) is 0 Å². The Balaban J connectivity index is 1.70. The lowest BCUT2D eigenvalue weighted by Gasteiger charge is -2.14. The fraction of sp³-hybridized carbons (Fsp3) is 0.0909. The summed E-state index contributed by atoms with van der Waals surface area (Å²) in [6, 6.07) is 17.4. The highest BCUT2D eigenvalue weighted by Crippen LogP contribution is 2.37. The SMILES string of the molecule is Cc1cc(/C=C2/SC(=S)N(c3cccc(Br)c3)C2=O)c(C)n1-c1ccc(Cl)cc1. The second-order valence-electron chi connectivity index (χ2n) is 6.64. The van der Waals surface area contributed by atoms with E-state index in [4.69, 9.17) is 23.8 Å². The number of aromatic nitrogens is 1. The highest BCUT2D eigenvalue weighted by Gasteiger charge is 2.33. The zero-order chi connectivity index (χ0) is 20.7. The van der Waals surface area contributed by atoms with Crippen LogP contribution in [-0.2, 0) is 4.79 Å². The van der Waals surface area contributed by atoms with Gasteiger partial charge in [-0.05, 0) is 74.0 Å². The summed E-state index contributed by atoms with van der Waals surface area (Å²) in [5, 5.41) is 0.702. The first-order valence-corrected chi connectivity index (χ1v) is 11.2. The number of amides is 1. The first-order chi connectivity index (χ1) is 13.8. The number of benzene rings is 2. The summed E-state index contributed by atoms with van der Waals surface area (Å²) in [5.74, 6) is -0.102. The normalized spacial score (nSPS) is 15.6. The van der Waals surface area contributed by atoms with E-state index in [1.54, 1.807) is 4.90 Å². The number of rotatable bonds is 3. The first-order valence-electron chi connectivity index (χ1n) is 8.83. The minimum Gasteiger partial charge on any atom is -0.318 e. The van der Waals surface area contributed by atoms with E-state index in [1.165, 1.54) is 11.8 Å². The molecule has 0 atom stereocenters. The van der Waals surface area contributed by atoms with Crippen molar-refractivity contribution in [3.8, 4) is 5.69 Å². The highest BCUT2D eigenvalue weighted by molar-refractivity contribution is 9.10. The number of thiocarbonyl (C=S) groups is 1. The van der Waals surface area contributed by atoms with Crippen molar-refractivity contribution in [2.24, 2.45) is 0 Å². The molecule has 29 heavy (non-hydrogen) atoms. The van der Waals surface area contributed by atoms with Crippen molar-refractivity contribution in [3.05, 3.63) is 85.9 Å². The molecule has 0 unspecified atom stereocenters. The van der Waals surface area contributed by atoms with E-state index in [-0.39, 0.29) is 5.91 Å². The number of halogens is 2.